The Kier molecular flexibility index (Phi) is 3.32. The highest BCUT2D eigenvalue weighted by Gasteiger charge is 2.19. The zero-order valence-electron chi connectivity index (χ0n) is 10.2. The minimum absolute atomic E-state index is 0.177. The van der Waals surface area contributed by atoms with Crippen molar-refractivity contribution >= 4 is 5.82 Å². The van der Waals surface area contributed by atoms with Gasteiger partial charge in [-0.25, -0.2) is 8.78 Å². The van der Waals surface area contributed by atoms with E-state index in [1.165, 1.54) is 12.1 Å². The van der Waals surface area contributed by atoms with Crippen LogP contribution in [0, 0.1) is 17.6 Å². The predicted molar refractivity (Wildman–Crippen MR) is 64.8 cm³/mol. The molecule has 0 unspecified atom stereocenters. The van der Waals surface area contributed by atoms with Crippen molar-refractivity contribution in [3.8, 4) is 11.3 Å². The van der Waals surface area contributed by atoms with Crippen molar-refractivity contribution in [2.75, 3.05) is 5.73 Å². The third-order valence-corrected chi connectivity index (χ3v) is 2.61. The number of nitrogen functional groups attached to an aromatic ring is 1. The lowest BCUT2D eigenvalue weighted by molar-refractivity contribution is 0.431. The highest BCUT2D eigenvalue weighted by Crippen LogP contribution is 2.31. The normalized spacial score (nSPS) is 11.2. The van der Waals surface area contributed by atoms with Gasteiger partial charge in [-0.05, 0) is 24.5 Å². The summed E-state index contributed by atoms with van der Waals surface area (Å²) in [6.07, 6.45) is 0.626. The van der Waals surface area contributed by atoms with Crippen LogP contribution in [0.2, 0.25) is 0 Å². The molecule has 0 amide bonds. The minimum Gasteiger partial charge on any atom is -0.381 e. The average molecular weight is 252 g/mol. The summed E-state index contributed by atoms with van der Waals surface area (Å²) in [5.41, 5.74) is 6.55. The first-order chi connectivity index (χ1) is 8.49. The zero-order valence-corrected chi connectivity index (χ0v) is 10.2. The fourth-order valence-electron chi connectivity index (χ4n) is 1.81. The number of benzene rings is 1. The van der Waals surface area contributed by atoms with E-state index in [1.54, 1.807) is 0 Å². The first-order valence-corrected chi connectivity index (χ1v) is 5.68. The van der Waals surface area contributed by atoms with E-state index in [4.69, 9.17) is 10.3 Å². The molecule has 0 atom stereocenters. The number of nitrogens with two attached hydrogens (primary N) is 1. The molecule has 0 aliphatic carbocycles. The molecule has 1 aromatic heterocycles. The van der Waals surface area contributed by atoms with Crippen LogP contribution in [-0.4, -0.2) is 5.16 Å². The van der Waals surface area contributed by atoms with Gasteiger partial charge in [0.2, 0.25) is 0 Å². The maximum absolute atomic E-state index is 13.7. The molecule has 3 nitrogen and oxygen atoms in total. The van der Waals surface area contributed by atoms with Crippen molar-refractivity contribution in [3.63, 3.8) is 0 Å². The number of halogens is 2. The molecule has 5 heteroatoms. The number of nitrogens with zero attached hydrogens (tertiary/aromatic N) is 1. The number of rotatable bonds is 3. The summed E-state index contributed by atoms with van der Waals surface area (Å²) in [5, 5.41) is 3.65. The molecular weight excluding hydrogens is 238 g/mol. The molecule has 96 valence electrons. The molecule has 18 heavy (non-hydrogen) atoms. The Morgan fingerprint density at radius 2 is 2.06 bits per heavy atom. The Morgan fingerprint density at radius 1 is 1.33 bits per heavy atom. The van der Waals surface area contributed by atoms with E-state index < -0.39 is 11.6 Å². The van der Waals surface area contributed by atoms with Crippen LogP contribution in [0.3, 0.4) is 0 Å². The monoisotopic (exact) mass is 252 g/mol. The highest BCUT2D eigenvalue weighted by atomic mass is 19.1. The first kappa shape index (κ1) is 12.5. The second kappa shape index (κ2) is 4.76. The van der Waals surface area contributed by atoms with Crippen LogP contribution < -0.4 is 5.73 Å². The van der Waals surface area contributed by atoms with E-state index in [-0.39, 0.29) is 17.1 Å². The summed E-state index contributed by atoms with van der Waals surface area (Å²) in [6.45, 7) is 4.02. The maximum atomic E-state index is 13.7. The summed E-state index contributed by atoms with van der Waals surface area (Å²) in [7, 11) is 0. The molecule has 0 spiro atoms. The van der Waals surface area contributed by atoms with E-state index in [9.17, 15) is 8.78 Å². The summed E-state index contributed by atoms with van der Waals surface area (Å²) in [4.78, 5) is 0. The van der Waals surface area contributed by atoms with Gasteiger partial charge in [0.25, 0.3) is 0 Å². The van der Waals surface area contributed by atoms with E-state index in [0.29, 0.717) is 17.9 Å². The van der Waals surface area contributed by atoms with Gasteiger partial charge in [-0.1, -0.05) is 19.0 Å². The van der Waals surface area contributed by atoms with Gasteiger partial charge >= 0.3 is 0 Å². The summed E-state index contributed by atoms with van der Waals surface area (Å²) >= 11 is 0. The van der Waals surface area contributed by atoms with Crippen molar-refractivity contribution in [3.05, 3.63) is 35.4 Å². The number of hydrogen-bond acceptors (Lipinski definition) is 3. The third kappa shape index (κ3) is 2.34. The van der Waals surface area contributed by atoms with Gasteiger partial charge in [0.1, 0.15) is 11.6 Å². The average Bonchev–Trinajstić information content (AvgIpc) is 2.60. The van der Waals surface area contributed by atoms with Crippen LogP contribution in [0.1, 0.15) is 19.4 Å². The van der Waals surface area contributed by atoms with Crippen LogP contribution in [0.25, 0.3) is 11.3 Å². The molecule has 0 fully saturated rings. The van der Waals surface area contributed by atoms with Gasteiger partial charge < -0.3 is 10.3 Å². The van der Waals surface area contributed by atoms with Gasteiger partial charge in [-0.3, -0.25) is 0 Å². The molecule has 0 bridgehead atoms. The Balaban J connectivity index is 2.50. The molecule has 0 aliphatic rings. The van der Waals surface area contributed by atoms with Gasteiger partial charge in [0.15, 0.2) is 11.6 Å². The van der Waals surface area contributed by atoms with Crippen LogP contribution in [0.15, 0.2) is 22.7 Å². The predicted octanol–water partition coefficient (Wildman–Crippen LogP) is 3.40. The van der Waals surface area contributed by atoms with Gasteiger partial charge in [-0.15, -0.1) is 0 Å². The summed E-state index contributed by atoms with van der Waals surface area (Å²) in [5.74, 6) is -0.458. The molecule has 2 aromatic rings. The van der Waals surface area contributed by atoms with Crippen molar-refractivity contribution in [1.29, 1.82) is 0 Å². The Hall–Kier alpha value is -1.91. The van der Waals surface area contributed by atoms with Crippen molar-refractivity contribution in [2.24, 2.45) is 5.92 Å². The van der Waals surface area contributed by atoms with E-state index >= 15 is 0 Å². The van der Waals surface area contributed by atoms with Gasteiger partial charge in [0, 0.05) is 11.6 Å². The minimum atomic E-state index is -0.684. The second-order valence-corrected chi connectivity index (χ2v) is 4.60. The standard InChI is InChI=1S/C13H14F2N2O/c1-7(2)5-10-12(18-17-13(10)16)9-4-3-8(14)6-11(9)15/h3-4,6-7H,5H2,1-2H3,(H2,16,17). The maximum Gasteiger partial charge on any atom is 0.175 e. The second-order valence-electron chi connectivity index (χ2n) is 4.60. The first-order valence-electron chi connectivity index (χ1n) is 5.68. The fraction of sp³-hybridized carbons (Fsp3) is 0.308. The number of hydrogen-bond donors (Lipinski definition) is 1. The molecule has 0 saturated carbocycles. The van der Waals surface area contributed by atoms with Gasteiger partial charge in [0.05, 0.1) is 5.56 Å². The van der Waals surface area contributed by atoms with Crippen LogP contribution in [0.4, 0.5) is 14.6 Å². The zero-order chi connectivity index (χ0) is 13.3. The molecule has 1 heterocycles. The summed E-state index contributed by atoms with van der Waals surface area (Å²) < 4.78 is 31.6. The molecular formula is C13H14F2N2O. The van der Waals surface area contributed by atoms with E-state index in [1.807, 2.05) is 13.8 Å². The highest BCUT2D eigenvalue weighted by molar-refractivity contribution is 5.66. The van der Waals surface area contributed by atoms with Gasteiger partial charge in [-0.2, -0.15) is 0 Å². The summed E-state index contributed by atoms with van der Waals surface area (Å²) in [6, 6.07) is 3.32. The Labute approximate surface area is 104 Å². The quantitative estimate of drug-likeness (QED) is 0.910. The van der Waals surface area contributed by atoms with E-state index in [2.05, 4.69) is 5.16 Å². The molecule has 0 saturated heterocycles. The molecule has 1 aromatic carbocycles. The van der Waals surface area contributed by atoms with E-state index in [0.717, 1.165) is 6.07 Å². The fourth-order valence-corrected chi connectivity index (χ4v) is 1.81. The SMILES string of the molecule is CC(C)Cc1c(N)noc1-c1ccc(F)cc1F. The lowest BCUT2D eigenvalue weighted by Crippen LogP contribution is -1.99. The number of anilines is 1. The van der Waals surface area contributed by atoms with Crippen molar-refractivity contribution in [2.45, 2.75) is 20.3 Å². The van der Waals surface area contributed by atoms with Crippen LogP contribution >= 0.6 is 0 Å². The Morgan fingerprint density at radius 3 is 2.67 bits per heavy atom. The van der Waals surface area contributed by atoms with Crippen LogP contribution in [0.5, 0.6) is 0 Å². The number of aromatic nitrogens is 1. The molecule has 2 N–H and O–H groups in total. The Bertz CT molecular complexity index is 564. The van der Waals surface area contributed by atoms with Crippen molar-refractivity contribution < 1.29 is 13.3 Å². The lowest BCUT2D eigenvalue weighted by atomic mass is 9.99. The van der Waals surface area contributed by atoms with Crippen molar-refractivity contribution in [1.82, 2.24) is 5.16 Å². The third-order valence-electron chi connectivity index (χ3n) is 2.61. The largest absolute Gasteiger partial charge is 0.381 e. The smallest absolute Gasteiger partial charge is 0.175 e. The molecule has 0 radical (unpaired) electrons. The van der Waals surface area contributed by atoms with Crippen LogP contribution in [-0.2, 0) is 6.42 Å². The topological polar surface area (TPSA) is 52.0 Å². The molecule has 2 rings (SSSR count). The lowest BCUT2D eigenvalue weighted by Gasteiger charge is -2.06. The molecule has 0 aliphatic heterocycles.